The Labute approximate surface area is 112 Å². The molecule has 0 spiro atoms. The molecule has 2 rings (SSSR count). The molecule has 0 radical (unpaired) electrons. The second-order valence-corrected chi connectivity index (χ2v) is 5.60. The zero-order valence-corrected chi connectivity index (χ0v) is 11.6. The highest BCUT2D eigenvalue weighted by Gasteiger charge is 2.14. The van der Waals surface area contributed by atoms with E-state index in [0.717, 1.165) is 36.9 Å². The summed E-state index contributed by atoms with van der Waals surface area (Å²) < 4.78 is 0. The molecule has 17 heavy (non-hydrogen) atoms. The van der Waals surface area contributed by atoms with Crippen LogP contribution in [0.25, 0.3) is 0 Å². The van der Waals surface area contributed by atoms with E-state index in [1.165, 1.54) is 11.3 Å². The average Bonchev–Trinajstić information content (AvgIpc) is 2.89. The molecule has 0 saturated carbocycles. The van der Waals surface area contributed by atoms with Gasteiger partial charge in [0.15, 0.2) is 0 Å². The summed E-state index contributed by atoms with van der Waals surface area (Å²) in [6.07, 6.45) is 2.33. The van der Waals surface area contributed by atoms with Gasteiger partial charge in [0.05, 0.1) is 4.88 Å². The van der Waals surface area contributed by atoms with E-state index in [-0.39, 0.29) is 18.3 Å². The Hall–Kier alpha value is -0.580. The topological polar surface area (TPSA) is 41.1 Å². The predicted molar refractivity (Wildman–Crippen MR) is 74.2 cm³/mol. The summed E-state index contributed by atoms with van der Waals surface area (Å²) in [4.78, 5) is 13.7. The minimum Gasteiger partial charge on any atom is -0.351 e. The van der Waals surface area contributed by atoms with Crippen molar-refractivity contribution in [3.63, 3.8) is 0 Å². The number of carbonyl (C=O) groups is 1. The van der Waals surface area contributed by atoms with E-state index < -0.39 is 0 Å². The summed E-state index contributed by atoms with van der Waals surface area (Å²) >= 11 is 1.55. The average molecular weight is 275 g/mol. The number of halogens is 1. The molecule has 0 aliphatic carbocycles. The molecule has 5 heteroatoms. The number of hydrogen-bond donors (Lipinski definition) is 2. The van der Waals surface area contributed by atoms with Gasteiger partial charge in [-0.25, -0.2) is 0 Å². The fourth-order valence-electron chi connectivity index (χ4n) is 1.99. The summed E-state index contributed by atoms with van der Waals surface area (Å²) in [7, 11) is 0. The van der Waals surface area contributed by atoms with Crippen molar-refractivity contribution >= 4 is 29.7 Å². The number of rotatable bonds is 4. The Bertz CT molecular complexity index is 361. The largest absolute Gasteiger partial charge is 0.351 e. The summed E-state index contributed by atoms with van der Waals surface area (Å²) in [6, 6.07) is 3.88. The molecule has 1 amide bonds. The molecule has 1 saturated heterocycles. The van der Waals surface area contributed by atoms with E-state index >= 15 is 0 Å². The van der Waals surface area contributed by atoms with Crippen LogP contribution >= 0.6 is 23.7 Å². The molecule has 96 valence electrons. The maximum absolute atomic E-state index is 11.7. The lowest BCUT2D eigenvalue weighted by Gasteiger charge is -2.08. The smallest absolute Gasteiger partial charge is 0.261 e. The number of thiophene rings is 1. The minimum absolute atomic E-state index is 0. The van der Waals surface area contributed by atoms with Gasteiger partial charge in [-0.2, -0.15) is 0 Å². The molecule has 1 aliphatic rings. The van der Waals surface area contributed by atoms with Crippen LogP contribution in [0, 0.1) is 12.8 Å². The fourth-order valence-corrected chi connectivity index (χ4v) is 2.78. The van der Waals surface area contributed by atoms with E-state index in [9.17, 15) is 4.79 Å². The molecule has 1 atom stereocenters. The van der Waals surface area contributed by atoms with Crippen LogP contribution in [0.15, 0.2) is 12.1 Å². The van der Waals surface area contributed by atoms with E-state index in [2.05, 4.69) is 10.6 Å². The minimum atomic E-state index is 0. The molecule has 1 unspecified atom stereocenters. The maximum atomic E-state index is 11.7. The SMILES string of the molecule is Cc1ccc(C(=O)NCCC2CCNC2)s1.Cl. The Morgan fingerprint density at radius 3 is 3.00 bits per heavy atom. The van der Waals surface area contributed by atoms with Gasteiger partial charge in [0, 0.05) is 11.4 Å². The van der Waals surface area contributed by atoms with Crippen LogP contribution in [-0.2, 0) is 0 Å². The molecule has 3 nitrogen and oxygen atoms in total. The quantitative estimate of drug-likeness (QED) is 0.884. The molecule has 1 fully saturated rings. The summed E-state index contributed by atoms with van der Waals surface area (Å²) in [5, 5.41) is 6.32. The number of carbonyl (C=O) groups excluding carboxylic acids is 1. The normalized spacial score (nSPS) is 18.8. The van der Waals surface area contributed by atoms with Gasteiger partial charge in [-0.3, -0.25) is 4.79 Å². The van der Waals surface area contributed by atoms with Crippen molar-refractivity contribution in [1.82, 2.24) is 10.6 Å². The molecular formula is C12H19ClN2OS. The zero-order chi connectivity index (χ0) is 11.4. The zero-order valence-electron chi connectivity index (χ0n) is 9.99. The van der Waals surface area contributed by atoms with Crippen molar-refractivity contribution in [3.8, 4) is 0 Å². The third-order valence-electron chi connectivity index (χ3n) is 2.96. The highest BCUT2D eigenvalue weighted by molar-refractivity contribution is 7.13. The first-order valence-electron chi connectivity index (χ1n) is 5.81. The van der Waals surface area contributed by atoms with Crippen LogP contribution in [0.4, 0.5) is 0 Å². The van der Waals surface area contributed by atoms with Gasteiger partial charge in [-0.05, 0) is 50.9 Å². The van der Waals surface area contributed by atoms with E-state index in [1.54, 1.807) is 11.3 Å². The number of nitrogens with one attached hydrogen (secondary N) is 2. The molecule has 1 aliphatic heterocycles. The van der Waals surface area contributed by atoms with Gasteiger partial charge < -0.3 is 10.6 Å². The van der Waals surface area contributed by atoms with Gasteiger partial charge >= 0.3 is 0 Å². The van der Waals surface area contributed by atoms with E-state index in [1.807, 2.05) is 19.1 Å². The summed E-state index contributed by atoms with van der Waals surface area (Å²) in [6.45, 7) is 5.05. The standard InChI is InChI=1S/C12H18N2OS.ClH/c1-9-2-3-11(16-9)12(15)14-7-5-10-4-6-13-8-10;/h2-3,10,13H,4-8H2,1H3,(H,14,15);1H. The Balaban J connectivity index is 0.00000144. The molecule has 1 aromatic rings. The van der Waals surface area contributed by atoms with Crippen molar-refractivity contribution in [2.24, 2.45) is 5.92 Å². The first-order chi connectivity index (χ1) is 7.75. The lowest BCUT2D eigenvalue weighted by atomic mass is 10.1. The van der Waals surface area contributed by atoms with Crippen LogP contribution < -0.4 is 10.6 Å². The highest BCUT2D eigenvalue weighted by Crippen LogP contribution is 2.15. The second-order valence-electron chi connectivity index (χ2n) is 4.31. The Morgan fingerprint density at radius 1 is 1.59 bits per heavy atom. The third kappa shape index (κ3) is 4.30. The van der Waals surface area contributed by atoms with E-state index in [4.69, 9.17) is 0 Å². The van der Waals surface area contributed by atoms with Crippen molar-refractivity contribution < 1.29 is 4.79 Å². The fraction of sp³-hybridized carbons (Fsp3) is 0.583. The van der Waals surface area contributed by atoms with Crippen LogP contribution in [-0.4, -0.2) is 25.5 Å². The van der Waals surface area contributed by atoms with Crippen molar-refractivity contribution in [1.29, 1.82) is 0 Å². The highest BCUT2D eigenvalue weighted by atomic mass is 35.5. The van der Waals surface area contributed by atoms with Crippen molar-refractivity contribution in [3.05, 3.63) is 21.9 Å². The van der Waals surface area contributed by atoms with Crippen molar-refractivity contribution in [2.45, 2.75) is 19.8 Å². The third-order valence-corrected chi connectivity index (χ3v) is 3.96. The van der Waals surface area contributed by atoms with Crippen LogP contribution in [0.3, 0.4) is 0 Å². The number of aryl methyl sites for hydroxylation is 1. The van der Waals surface area contributed by atoms with Crippen LogP contribution in [0.2, 0.25) is 0 Å². The summed E-state index contributed by atoms with van der Waals surface area (Å²) in [5.74, 6) is 0.814. The van der Waals surface area contributed by atoms with E-state index in [0.29, 0.717) is 0 Å². The first kappa shape index (κ1) is 14.5. The second kappa shape index (κ2) is 6.99. The van der Waals surface area contributed by atoms with Crippen LogP contribution in [0.5, 0.6) is 0 Å². The lowest BCUT2D eigenvalue weighted by molar-refractivity contribution is 0.0955. The van der Waals surface area contributed by atoms with Crippen LogP contribution in [0.1, 0.15) is 27.4 Å². The molecule has 0 bridgehead atoms. The van der Waals surface area contributed by atoms with Gasteiger partial charge in [0.25, 0.3) is 5.91 Å². The monoisotopic (exact) mass is 274 g/mol. The number of hydrogen-bond acceptors (Lipinski definition) is 3. The van der Waals surface area contributed by atoms with Crippen molar-refractivity contribution in [2.75, 3.05) is 19.6 Å². The molecule has 0 aromatic carbocycles. The van der Waals surface area contributed by atoms with Gasteiger partial charge in [-0.1, -0.05) is 0 Å². The maximum Gasteiger partial charge on any atom is 0.261 e. The molecular weight excluding hydrogens is 256 g/mol. The Morgan fingerprint density at radius 2 is 2.41 bits per heavy atom. The van der Waals surface area contributed by atoms with Gasteiger partial charge in [0.1, 0.15) is 0 Å². The lowest BCUT2D eigenvalue weighted by Crippen LogP contribution is -2.25. The molecule has 1 aromatic heterocycles. The predicted octanol–water partition coefficient (Wildman–Crippen LogP) is 2.21. The molecule has 2 N–H and O–H groups in total. The van der Waals surface area contributed by atoms with Gasteiger partial charge in [0.2, 0.25) is 0 Å². The summed E-state index contributed by atoms with van der Waals surface area (Å²) in [5.41, 5.74) is 0. The van der Waals surface area contributed by atoms with Gasteiger partial charge in [-0.15, -0.1) is 23.7 Å². The first-order valence-corrected chi connectivity index (χ1v) is 6.62. The number of amides is 1. The molecule has 2 heterocycles. The Kier molecular flexibility index (Phi) is 5.95.